The molecule has 0 spiro atoms. The molecule has 2 unspecified atom stereocenters. The maximum absolute atomic E-state index is 14.2. The summed E-state index contributed by atoms with van der Waals surface area (Å²) < 4.78 is 62.8. The highest BCUT2D eigenvalue weighted by Crippen LogP contribution is 2.40. The summed E-state index contributed by atoms with van der Waals surface area (Å²) in [4.78, 5) is 43.0. The molecule has 6 rings (SSSR count). The Morgan fingerprint density at radius 3 is 1.80 bits per heavy atom. The standard InChI is InChI=1S/C66H91BF2N7O9P/c1-49-45-51(3)70-64(49)60(66-50(2)46-52(4)75(66)67(68)69)30-22-18-14-10-8-9-11-15-19-23-31-62(78)82-47-58(48-84-86(80,81)83-44-43-76(5,6)7)85-63(79)32-24-20-16-12-13-17-21-27-53-33-36-55(37-34-53)71-72-56-38-40-57(41-39-56)73-74-65-59-29-26-25-28-54(59)35-42-61(65)77/h25-26,28-29,33-42,45-46,52,58,70H,8-24,27,30-32,43-44,47-48H2,1-7H3,(H-,71,73,77,80,81)/b66-60-/t52?,58-/m1/s1. The number of nitrogens with zero attached hydrogens (tertiary/aromatic N) is 6. The lowest BCUT2D eigenvalue weighted by molar-refractivity contribution is -0.870. The van der Waals surface area contributed by atoms with Gasteiger partial charge in [0.1, 0.15) is 31.2 Å². The van der Waals surface area contributed by atoms with Crippen LogP contribution in [0.1, 0.15) is 165 Å². The molecule has 0 aliphatic carbocycles. The third kappa shape index (κ3) is 24.1. The number of allylic oxidation sites excluding steroid dienone is 2. The number of phenols is 1. The summed E-state index contributed by atoms with van der Waals surface area (Å²) in [6.07, 6.45) is 19.3. The van der Waals surface area contributed by atoms with E-state index in [1.54, 1.807) is 18.2 Å². The first-order chi connectivity index (χ1) is 41.2. The van der Waals surface area contributed by atoms with Gasteiger partial charge in [-0.15, -0.1) is 5.11 Å². The van der Waals surface area contributed by atoms with Crippen LogP contribution in [-0.4, -0.2) is 98.4 Å². The molecule has 2 heterocycles. The number of phosphoric acid groups is 1. The van der Waals surface area contributed by atoms with E-state index >= 15 is 0 Å². The van der Waals surface area contributed by atoms with Gasteiger partial charge in [0, 0.05) is 41.4 Å². The minimum absolute atomic E-state index is 0.0687. The summed E-state index contributed by atoms with van der Waals surface area (Å²) in [5.74, 6) is -0.901. The number of hydrogen-bond acceptors (Lipinski definition) is 14. The topological polar surface area (TPSA) is 200 Å². The van der Waals surface area contributed by atoms with Gasteiger partial charge < -0.3 is 42.8 Å². The number of phosphoric ester groups is 1. The van der Waals surface area contributed by atoms with Crippen molar-refractivity contribution < 1.29 is 55.8 Å². The largest absolute Gasteiger partial charge is 0.756 e. The number of halogens is 2. The smallest absolute Gasteiger partial charge is 0.673 e. The van der Waals surface area contributed by atoms with E-state index in [0.29, 0.717) is 46.6 Å². The zero-order valence-corrected chi connectivity index (χ0v) is 52.6. The van der Waals surface area contributed by atoms with E-state index < -0.39 is 39.9 Å². The lowest BCUT2D eigenvalue weighted by Crippen LogP contribution is -2.37. The summed E-state index contributed by atoms with van der Waals surface area (Å²) in [5, 5.41) is 29.6. The summed E-state index contributed by atoms with van der Waals surface area (Å²) in [7, 11) is -1.56. The van der Waals surface area contributed by atoms with Gasteiger partial charge in [-0.1, -0.05) is 132 Å². The number of aromatic amines is 1. The second kappa shape index (κ2) is 35.4. The van der Waals surface area contributed by atoms with Crippen molar-refractivity contribution in [3.8, 4) is 5.75 Å². The molecule has 16 nitrogen and oxygen atoms in total. The lowest BCUT2D eigenvalue weighted by Gasteiger charge is -2.28. The number of phenolic OH excluding ortho intramolecular Hbond substituents is 1. The van der Waals surface area contributed by atoms with E-state index in [1.807, 2.05) is 110 Å². The number of carbonyl (C=O) groups excluding carboxylic acids is 2. The normalized spacial score (nSPS) is 15.4. The number of quaternary nitrogens is 1. The van der Waals surface area contributed by atoms with Crippen molar-refractivity contribution in [2.24, 2.45) is 20.5 Å². The summed E-state index contributed by atoms with van der Waals surface area (Å²) in [6, 6.07) is 28.2. The van der Waals surface area contributed by atoms with Crippen LogP contribution in [0.4, 0.5) is 31.4 Å². The van der Waals surface area contributed by atoms with Gasteiger partial charge >= 0.3 is 19.3 Å². The van der Waals surface area contributed by atoms with Gasteiger partial charge in [-0.05, 0) is 142 Å². The number of aryl methyl sites for hydroxylation is 3. The van der Waals surface area contributed by atoms with Crippen molar-refractivity contribution in [2.75, 3.05) is 47.5 Å². The Kier molecular flexibility index (Phi) is 28.3. The maximum Gasteiger partial charge on any atom is 0.673 e. The first-order valence-electron chi connectivity index (χ1n) is 30.9. The van der Waals surface area contributed by atoms with E-state index in [0.717, 1.165) is 154 Å². The van der Waals surface area contributed by atoms with Crippen LogP contribution in [0.15, 0.2) is 129 Å². The zero-order chi connectivity index (χ0) is 61.9. The molecule has 1 aromatic heterocycles. The number of aromatic nitrogens is 1. The Morgan fingerprint density at radius 2 is 1.23 bits per heavy atom. The van der Waals surface area contributed by atoms with Crippen molar-refractivity contribution in [3.05, 3.63) is 131 Å². The molecule has 1 aliphatic rings. The molecule has 20 heteroatoms. The number of nitrogens with one attached hydrogen (secondary N) is 1. The molecule has 0 radical (unpaired) electrons. The second-order valence-electron chi connectivity index (χ2n) is 23.7. The number of ether oxygens (including phenoxy) is 2. The molecule has 5 aromatic rings. The van der Waals surface area contributed by atoms with Crippen LogP contribution in [0.5, 0.6) is 5.75 Å². The van der Waals surface area contributed by atoms with Crippen molar-refractivity contribution in [1.82, 2.24) is 9.79 Å². The Morgan fingerprint density at radius 1 is 0.698 bits per heavy atom. The highest BCUT2D eigenvalue weighted by atomic mass is 31.2. The molecular weight excluding hydrogens is 1110 g/mol. The van der Waals surface area contributed by atoms with Crippen molar-refractivity contribution in [2.45, 2.75) is 175 Å². The van der Waals surface area contributed by atoms with Gasteiger partial charge in [-0.2, -0.15) is 15.3 Å². The Bertz CT molecular complexity index is 3090. The van der Waals surface area contributed by atoms with Gasteiger partial charge in [0.15, 0.2) is 6.10 Å². The van der Waals surface area contributed by atoms with E-state index in [4.69, 9.17) is 18.5 Å². The number of carbonyl (C=O) groups is 2. The number of hydrogen-bond donors (Lipinski definition) is 2. The lowest BCUT2D eigenvalue weighted by atomic mass is 9.95. The SMILES string of the molecule is CC1=CC(C)N(B(F)F)/C1=C(/CCCCCCCCCCCCC(=O)OC[C@H](COP(=O)([O-])OCC[N+](C)(C)C)OC(=O)CCCCCCCCCc1ccc(N=Nc2ccc(N=Nc3c(O)ccc4ccccc34)cc2)cc1)c1[nH]c(C)cc1C. The number of unbranched alkanes of at least 4 members (excludes halogenated alkanes) is 15. The monoisotopic (exact) mass is 1210 g/mol. The van der Waals surface area contributed by atoms with E-state index in [-0.39, 0.29) is 37.8 Å². The van der Waals surface area contributed by atoms with Crippen LogP contribution in [0.2, 0.25) is 0 Å². The molecule has 0 saturated carbocycles. The van der Waals surface area contributed by atoms with Gasteiger partial charge in [0.05, 0.1) is 44.8 Å². The van der Waals surface area contributed by atoms with E-state index in [9.17, 15) is 32.8 Å². The third-order valence-corrected chi connectivity index (χ3v) is 16.2. The van der Waals surface area contributed by atoms with Gasteiger partial charge in [0.2, 0.25) is 0 Å². The molecule has 0 bridgehead atoms. The number of fused-ring (bicyclic) bond motifs is 1. The third-order valence-electron chi connectivity index (χ3n) is 15.3. The van der Waals surface area contributed by atoms with Crippen LogP contribution in [-0.2, 0) is 39.1 Å². The van der Waals surface area contributed by atoms with Crippen molar-refractivity contribution in [3.63, 3.8) is 0 Å². The highest BCUT2D eigenvalue weighted by Gasteiger charge is 2.38. The molecule has 0 saturated heterocycles. The van der Waals surface area contributed by atoms with Crippen molar-refractivity contribution >= 4 is 66.3 Å². The Hall–Kier alpha value is -6.37. The van der Waals surface area contributed by atoms with E-state index in [2.05, 4.69) is 43.6 Å². The molecule has 0 amide bonds. The molecule has 3 atom stereocenters. The van der Waals surface area contributed by atoms with Gasteiger partial charge in [0.25, 0.3) is 7.82 Å². The van der Waals surface area contributed by atoms with Crippen LogP contribution >= 0.6 is 7.82 Å². The first kappa shape index (κ1) is 68.7. The molecule has 4 aromatic carbocycles. The molecule has 0 fully saturated rings. The van der Waals surface area contributed by atoms with Gasteiger partial charge in [-0.25, -0.2) is 0 Å². The quantitative estimate of drug-likeness (QED) is 0.00952. The maximum atomic E-state index is 14.2. The molecule has 2 N–H and O–H groups in total. The summed E-state index contributed by atoms with van der Waals surface area (Å²) in [6.45, 7) is 7.26. The van der Waals surface area contributed by atoms with Crippen LogP contribution in [0.3, 0.4) is 0 Å². The molecule has 466 valence electrons. The summed E-state index contributed by atoms with van der Waals surface area (Å²) in [5.41, 5.74) is 9.28. The number of aromatic hydroxyl groups is 1. The zero-order valence-electron chi connectivity index (χ0n) is 51.7. The van der Waals surface area contributed by atoms with Crippen LogP contribution in [0.25, 0.3) is 16.3 Å². The fourth-order valence-electron chi connectivity index (χ4n) is 10.6. The number of H-pyrrole nitrogens is 1. The van der Waals surface area contributed by atoms with Crippen LogP contribution in [0, 0.1) is 13.8 Å². The fourth-order valence-corrected chi connectivity index (χ4v) is 11.3. The minimum Gasteiger partial charge on any atom is -0.756 e. The van der Waals surface area contributed by atoms with Crippen molar-refractivity contribution in [1.29, 1.82) is 0 Å². The predicted octanol–water partition coefficient (Wildman–Crippen LogP) is 17.3. The molecule has 1 aliphatic heterocycles. The second-order valence-corrected chi connectivity index (χ2v) is 25.2. The fraction of sp³-hybridized carbons (Fsp3) is 0.515. The molecule has 86 heavy (non-hydrogen) atoms. The predicted molar refractivity (Wildman–Crippen MR) is 336 cm³/mol. The molecular formula is C66H91BF2N7O9P. The number of benzene rings is 4. The number of rotatable bonds is 39. The Balaban J connectivity index is 0.811. The Labute approximate surface area is 509 Å². The van der Waals surface area contributed by atoms with E-state index in [1.165, 1.54) is 10.4 Å². The van der Waals surface area contributed by atoms with Gasteiger partial charge in [-0.3, -0.25) is 22.8 Å². The average Bonchev–Trinajstić information content (AvgIpc) is 1.77. The first-order valence-corrected chi connectivity index (χ1v) is 32.3. The summed E-state index contributed by atoms with van der Waals surface area (Å²) >= 11 is 0. The number of likely N-dealkylation sites (N-methyl/N-ethyl adjacent to an activating group) is 1. The average molecular weight is 1210 g/mol. The number of esters is 2. The highest BCUT2D eigenvalue weighted by molar-refractivity contribution is 7.45. The number of azo groups is 2. The minimum atomic E-state index is -4.72. The van der Waals surface area contributed by atoms with Crippen LogP contribution < -0.4 is 4.89 Å².